The average molecular weight is 248 g/mol. The Bertz CT molecular complexity index is 405. The van der Waals surface area contributed by atoms with Crippen LogP contribution < -0.4 is 10.1 Å². The first-order valence-electron chi connectivity index (χ1n) is 5.10. The number of halogens is 3. The molecule has 0 aliphatic carbocycles. The molecule has 1 aliphatic heterocycles. The predicted octanol–water partition coefficient (Wildman–Crippen LogP) is 3.05. The van der Waals surface area contributed by atoms with Gasteiger partial charge in [0.15, 0.2) is 5.82 Å². The number of hydrogen-bond donors (Lipinski definition) is 1. The molecule has 1 aliphatic rings. The van der Waals surface area contributed by atoms with Gasteiger partial charge in [0.2, 0.25) is 0 Å². The van der Waals surface area contributed by atoms with Gasteiger partial charge in [-0.3, -0.25) is 0 Å². The summed E-state index contributed by atoms with van der Waals surface area (Å²) in [5.41, 5.74) is 0.0169. The number of methoxy groups -OCH3 is 1. The lowest BCUT2D eigenvalue weighted by atomic mass is 10.0. The molecule has 0 aromatic heterocycles. The van der Waals surface area contributed by atoms with Crippen molar-refractivity contribution in [1.29, 1.82) is 0 Å². The van der Waals surface area contributed by atoms with Gasteiger partial charge in [-0.15, -0.1) is 0 Å². The standard InChI is InChI=1S/C11H12ClF2NO/c1-16-8-5-6(13)9(11(14)10(8)12)7-3-2-4-15-7/h5,7,15H,2-4H2,1H3. The molecule has 1 unspecified atom stereocenters. The van der Waals surface area contributed by atoms with Crippen LogP contribution in [0.15, 0.2) is 6.07 Å². The van der Waals surface area contributed by atoms with Crippen LogP contribution in [0.2, 0.25) is 5.02 Å². The Kier molecular flexibility index (Phi) is 3.30. The molecule has 1 N–H and O–H groups in total. The maximum Gasteiger partial charge on any atom is 0.153 e. The van der Waals surface area contributed by atoms with E-state index >= 15 is 0 Å². The van der Waals surface area contributed by atoms with E-state index in [0.717, 1.165) is 25.5 Å². The van der Waals surface area contributed by atoms with Crippen molar-refractivity contribution in [2.45, 2.75) is 18.9 Å². The Morgan fingerprint density at radius 3 is 2.81 bits per heavy atom. The lowest BCUT2D eigenvalue weighted by molar-refractivity contribution is 0.403. The SMILES string of the molecule is COc1cc(F)c(C2CCCN2)c(F)c1Cl. The molecule has 1 atom stereocenters. The van der Waals surface area contributed by atoms with E-state index in [1.165, 1.54) is 7.11 Å². The molecule has 0 bridgehead atoms. The Morgan fingerprint density at radius 2 is 2.25 bits per heavy atom. The lowest BCUT2D eigenvalue weighted by Gasteiger charge is -2.15. The van der Waals surface area contributed by atoms with Crippen LogP contribution in [0.1, 0.15) is 24.4 Å². The quantitative estimate of drug-likeness (QED) is 0.811. The zero-order chi connectivity index (χ0) is 11.7. The molecular formula is C11H12ClF2NO. The monoisotopic (exact) mass is 247 g/mol. The smallest absolute Gasteiger partial charge is 0.153 e. The fourth-order valence-corrected chi connectivity index (χ4v) is 2.22. The highest BCUT2D eigenvalue weighted by Gasteiger charge is 2.26. The fraction of sp³-hybridized carbons (Fsp3) is 0.455. The van der Waals surface area contributed by atoms with Crippen LogP contribution in [0.3, 0.4) is 0 Å². The first kappa shape index (κ1) is 11.6. The molecule has 16 heavy (non-hydrogen) atoms. The first-order valence-corrected chi connectivity index (χ1v) is 5.47. The van der Waals surface area contributed by atoms with Crippen LogP contribution in [0.4, 0.5) is 8.78 Å². The van der Waals surface area contributed by atoms with Gasteiger partial charge in [-0.1, -0.05) is 11.6 Å². The predicted molar refractivity (Wildman–Crippen MR) is 57.9 cm³/mol. The Balaban J connectivity index is 2.48. The van der Waals surface area contributed by atoms with E-state index in [1.54, 1.807) is 0 Å². The molecule has 1 aromatic carbocycles. The van der Waals surface area contributed by atoms with E-state index in [2.05, 4.69) is 5.32 Å². The highest BCUT2D eigenvalue weighted by atomic mass is 35.5. The maximum atomic E-state index is 13.9. The van der Waals surface area contributed by atoms with Crippen molar-refractivity contribution < 1.29 is 13.5 Å². The topological polar surface area (TPSA) is 21.3 Å². The third-order valence-corrected chi connectivity index (χ3v) is 3.14. The number of rotatable bonds is 2. The summed E-state index contributed by atoms with van der Waals surface area (Å²) in [7, 11) is 1.33. The van der Waals surface area contributed by atoms with Gasteiger partial charge in [-0.25, -0.2) is 8.78 Å². The summed E-state index contributed by atoms with van der Waals surface area (Å²) in [4.78, 5) is 0. The zero-order valence-corrected chi connectivity index (χ0v) is 9.57. The summed E-state index contributed by atoms with van der Waals surface area (Å²) in [6, 6.07) is 0.837. The molecule has 1 fully saturated rings. The van der Waals surface area contributed by atoms with E-state index in [-0.39, 0.29) is 22.4 Å². The minimum absolute atomic E-state index is 0.0169. The van der Waals surface area contributed by atoms with E-state index in [4.69, 9.17) is 16.3 Å². The summed E-state index contributed by atoms with van der Waals surface area (Å²) < 4.78 is 32.4. The minimum atomic E-state index is -0.724. The molecule has 2 nitrogen and oxygen atoms in total. The van der Waals surface area contributed by atoms with Crippen molar-refractivity contribution in [2.75, 3.05) is 13.7 Å². The zero-order valence-electron chi connectivity index (χ0n) is 8.82. The van der Waals surface area contributed by atoms with Crippen molar-refractivity contribution in [3.8, 4) is 5.75 Å². The van der Waals surface area contributed by atoms with Crippen molar-refractivity contribution in [2.24, 2.45) is 0 Å². The average Bonchev–Trinajstić information content (AvgIpc) is 2.77. The summed E-state index contributed by atoms with van der Waals surface area (Å²) in [6.45, 7) is 0.771. The highest BCUT2D eigenvalue weighted by molar-refractivity contribution is 6.32. The third-order valence-electron chi connectivity index (χ3n) is 2.79. The summed E-state index contributed by atoms with van der Waals surface area (Å²) in [5, 5.41) is 2.88. The van der Waals surface area contributed by atoms with Crippen molar-refractivity contribution >= 4 is 11.6 Å². The Labute approximate surface area is 97.5 Å². The maximum absolute atomic E-state index is 13.9. The molecule has 0 amide bonds. The molecular weight excluding hydrogens is 236 g/mol. The highest BCUT2D eigenvalue weighted by Crippen LogP contribution is 2.36. The Morgan fingerprint density at radius 1 is 1.50 bits per heavy atom. The van der Waals surface area contributed by atoms with Gasteiger partial charge in [0.1, 0.15) is 16.6 Å². The number of benzene rings is 1. The number of hydrogen-bond acceptors (Lipinski definition) is 2. The normalized spacial score (nSPS) is 20.1. The largest absolute Gasteiger partial charge is 0.495 e. The van der Waals surface area contributed by atoms with E-state index in [9.17, 15) is 8.78 Å². The van der Waals surface area contributed by atoms with E-state index in [0.29, 0.717) is 0 Å². The van der Waals surface area contributed by atoms with E-state index < -0.39 is 11.6 Å². The van der Waals surface area contributed by atoms with E-state index in [1.807, 2.05) is 0 Å². The van der Waals surface area contributed by atoms with Gasteiger partial charge < -0.3 is 10.1 Å². The molecule has 1 heterocycles. The van der Waals surface area contributed by atoms with Crippen LogP contribution >= 0.6 is 11.6 Å². The number of ether oxygens (including phenoxy) is 1. The molecule has 0 saturated carbocycles. The molecule has 0 radical (unpaired) electrons. The summed E-state index contributed by atoms with van der Waals surface area (Å²) in [6.07, 6.45) is 1.63. The van der Waals surface area contributed by atoms with Crippen LogP contribution in [0, 0.1) is 11.6 Å². The van der Waals surface area contributed by atoms with Gasteiger partial charge in [0.05, 0.1) is 7.11 Å². The van der Waals surface area contributed by atoms with Crippen LogP contribution in [-0.2, 0) is 0 Å². The number of nitrogens with one attached hydrogen (secondary N) is 1. The van der Waals surface area contributed by atoms with Gasteiger partial charge in [0.25, 0.3) is 0 Å². The molecule has 0 spiro atoms. The second-order valence-electron chi connectivity index (χ2n) is 3.75. The van der Waals surface area contributed by atoms with Crippen LogP contribution in [0.25, 0.3) is 0 Å². The first-order chi connectivity index (χ1) is 7.65. The van der Waals surface area contributed by atoms with Crippen molar-refractivity contribution in [3.63, 3.8) is 0 Å². The molecule has 1 aromatic rings. The molecule has 88 valence electrons. The van der Waals surface area contributed by atoms with Crippen molar-refractivity contribution in [3.05, 3.63) is 28.3 Å². The van der Waals surface area contributed by atoms with Crippen LogP contribution in [0.5, 0.6) is 5.75 Å². The second-order valence-corrected chi connectivity index (χ2v) is 4.13. The minimum Gasteiger partial charge on any atom is -0.495 e. The van der Waals surface area contributed by atoms with Gasteiger partial charge in [-0.05, 0) is 19.4 Å². The van der Waals surface area contributed by atoms with Gasteiger partial charge >= 0.3 is 0 Å². The second kappa shape index (κ2) is 4.55. The third kappa shape index (κ3) is 1.87. The lowest BCUT2D eigenvalue weighted by Crippen LogP contribution is -2.16. The van der Waals surface area contributed by atoms with Crippen molar-refractivity contribution in [1.82, 2.24) is 5.32 Å². The van der Waals surface area contributed by atoms with Gasteiger partial charge in [0, 0.05) is 17.7 Å². The molecule has 2 rings (SSSR count). The summed E-state index contributed by atoms with van der Waals surface area (Å²) >= 11 is 5.75. The van der Waals surface area contributed by atoms with Gasteiger partial charge in [-0.2, -0.15) is 0 Å². The molecule has 1 saturated heterocycles. The van der Waals surface area contributed by atoms with Crippen LogP contribution in [-0.4, -0.2) is 13.7 Å². The summed E-state index contributed by atoms with van der Waals surface area (Å²) in [5.74, 6) is -1.31. The molecule has 5 heteroatoms. The fourth-order valence-electron chi connectivity index (χ4n) is 1.99. The Hall–Kier alpha value is -0.870.